The van der Waals surface area contributed by atoms with E-state index in [1.807, 2.05) is 29.6 Å². The first kappa shape index (κ1) is 16.1. The van der Waals surface area contributed by atoms with Gasteiger partial charge in [-0.3, -0.25) is 14.6 Å². The third kappa shape index (κ3) is 3.22. The van der Waals surface area contributed by atoms with Crippen molar-refractivity contribution in [3.63, 3.8) is 0 Å². The Morgan fingerprint density at radius 2 is 1.88 bits per heavy atom. The van der Waals surface area contributed by atoms with Gasteiger partial charge in [0, 0.05) is 17.0 Å². The van der Waals surface area contributed by atoms with E-state index in [-0.39, 0.29) is 17.9 Å². The third-order valence-electron chi connectivity index (χ3n) is 3.78. The highest BCUT2D eigenvalue weighted by molar-refractivity contribution is 7.14. The van der Waals surface area contributed by atoms with Crippen molar-refractivity contribution in [3.05, 3.63) is 70.1 Å². The van der Waals surface area contributed by atoms with E-state index in [0.717, 1.165) is 5.69 Å². The van der Waals surface area contributed by atoms with Crippen molar-refractivity contribution >= 4 is 33.1 Å². The minimum atomic E-state index is -0.273. The molecule has 0 saturated heterocycles. The van der Waals surface area contributed by atoms with Gasteiger partial charge < -0.3 is 5.32 Å². The molecule has 0 atom stereocenters. The smallest absolute Gasteiger partial charge is 0.272 e. The zero-order valence-corrected chi connectivity index (χ0v) is 14.3. The fourth-order valence-corrected chi connectivity index (χ4v) is 3.31. The predicted octanol–water partition coefficient (Wildman–Crippen LogP) is 2.62. The third-order valence-corrected chi connectivity index (χ3v) is 4.54. The van der Waals surface area contributed by atoms with Gasteiger partial charge in [0.15, 0.2) is 5.13 Å². The first-order valence-electron chi connectivity index (χ1n) is 7.84. The van der Waals surface area contributed by atoms with Crippen LogP contribution < -0.4 is 10.9 Å². The fourth-order valence-electron chi connectivity index (χ4n) is 2.58. The summed E-state index contributed by atoms with van der Waals surface area (Å²) < 4.78 is 0. The highest BCUT2D eigenvalue weighted by atomic mass is 32.1. The van der Waals surface area contributed by atoms with Crippen LogP contribution in [-0.2, 0) is 11.2 Å². The summed E-state index contributed by atoms with van der Waals surface area (Å²) in [7, 11) is 0. The molecule has 26 heavy (non-hydrogen) atoms. The summed E-state index contributed by atoms with van der Waals surface area (Å²) in [6.45, 7) is 0. The van der Waals surface area contributed by atoms with Crippen LogP contribution in [0.5, 0.6) is 0 Å². The van der Waals surface area contributed by atoms with Crippen LogP contribution in [0.2, 0.25) is 0 Å². The van der Waals surface area contributed by atoms with E-state index in [1.165, 1.54) is 11.3 Å². The molecular formula is C18H13N5O2S. The van der Waals surface area contributed by atoms with Crippen LogP contribution in [0, 0.1) is 0 Å². The first-order chi connectivity index (χ1) is 12.7. The van der Waals surface area contributed by atoms with Gasteiger partial charge in [-0.2, -0.15) is 5.10 Å². The molecule has 0 radical (unpaired) electrons. The summed E-state index contributed by atoms with van der Waals surface area (Å²) in [6.07, 6.45) is 1.73. The number of anilines is 1. The summed E-state index contributed by atoms with van der Waals surface area (Å²) in [5.74, 6) is -0.253. The van der Waals surface area contributed by atoms with Crippen molar-refractivity contribution in [1.29, 1.82) is 0 Å². The lowest BCUT2D eigenvalue weighted by Crippen LogP contribution is -2.18. The standard InChI is InChI=1S/C18H13N5O2S/c24-16(9-14-11-5-1-2-6-12(11)17(25)23-22-14)21-18-20-15(10-26-18)13-7-3-4-8-19-13/h1-8,10H,9H2,(H,23,25)(H,20,21,24). The number of nitrogens with one attached hydrogen (secondary N) is 2. The molecule has 2 N–H and O–H groups in total. The number of fused-ring (bicyclic) bond motifs is 1. The van der Waals surface area contributed by atoms with E-state index in [1.54, 1.807) is 24.4 Å². The van der Waals surface area contributed by atoms with Crippen LogP contribution in [0.15, 0.2) is 58.8 Å². The minimum Gasteiger partial charge on any atom is -0.302 e. The number of thiazole rings is 1. The SMILES string of the molecule is O=C(Cc1n[nH]c(=O)c2ccccc12)Nc1nc(-c2ccccn2)cs1. The molecule has 0 spiro atoms. The lowest BCUT2D eigenvalue weighted by atomic mass is 10.1. The average Bonchev–Trinajstić information content (AvgIpc) is 3.13. The summed E-state index contributed by atoms with van der Waals surface area (Å²) >= 11 is 1.33. The van der Waals surface area contributed by atoms with Crippen molar-refractivity contribution in [2.45, 2.75) is 6.42 Å². The molecule has 0 saturated carbocycles. The maximum atomic E-state index is 12.4. The number of aromatic amines is 1. The van der Waals surface area contributed by atoms with Gasteiger partial charge >= 0.3 is 0 Å². The van der Waals surface area contributed by atoms with Crippen molar-refractivity contribution in [3.8, 4) is 11.4 Å². The van der Waals surface area contributed by atoms with Gasteiger partial charge in [-0.15, -0.1) is 11.3 Å². The lowest BCUT2D eigenvalue weighted by Gasteiger charge is -2.04. The van der Waals surface area contributed by atoms with E-state index in [0.29, 0.717) is 27.3 Å². The fraction of sp³-hybridized carbons (Fsp3) is 0.0556. The number of pyridine rings is 1. The summed E-state index contributed by atoms with van der Waals surface area (Å²) in [6, 6.07) is 12.6. The van der Waals surface area contributed by atoms with Gasteiger partial charge in [0.25, 0.3) is 5.56 Å². The van der Waals surface area contributed by atoms with E-state index in [9.17, 15) is 9.59 Å². The van der Waals surface area contributed by atoms with Gasteiger partial charge in [0.05, 0.1) is 23.2 Å². The first-order valence-corrected chi connectivity index (χ1v) is 8.72. The molecule has 0 aliphatic rings. The number of hydrogen-bond acceptors (Lipinski definition) is 6. The maximum absolute atomic E-state index is 12.4. The molecule has 3 heterocycles. The van der Waals surface area contributed by atoms with Crippen LogP contribution in [-0.4, -0.2) is 26.1 Å². The Bertz CT molecular complexity index is 1140. The number of rotatable bonds is 4. The number of carbonyl (C=O) groups excluding carboxylic acids is 1. The molecule has 7 nitrogen and oxygen atoms in total. The van der Waals surface area contributed by atoms with E-state index >= 15 is 0 Å². The number of H-pyrrole nitrogens is 1. The van der Waals surface area contributed by atoms with Gasteiger partial charge in [-0.1, -0.05) is 24.3 Å². The van der Waals surface area contributed by atoms with Gasteiger partial charge in [0.2, 0.25) is 5.91 Å². The molecule has 0 aliphatic heterocycles. The Hall–Kier alpha value is -3.39. The van der Waals surface area contributed by atoms with E-state index < -0.39 is 0 Å². The van der Waals surface area contributed by atoms with Crippen LogP contribution in [0.25, 0.3) is 22.2 Å². The Balaban J connectivity index is 1.53. The zero-order valence-electron chi connectivity index (χ0n) is 13.5. The highest BCUT2D eigenvalue weighted by Crippen LogP contribution is 2.23. The van der Waals surface area contributed by atoms with Crippen molar-refractivity contribution in [1.82, 2.24) is 20.2 Å². The molecule has 1 aromatic carbocycles. The van der Waals surface area contributed by atoms with Crippen LogP contribution in [0.1, 0.15) is 5.69 Å². The normalized spacial score (nSPS) is 10.8. The number of benzene rings is 1. The molecule has 8 heteroatoms. The van der Waals surface area contributed by atoms with Crippen molar-refractivity contribution in [2.75, 3.05) is 5.32 Å². The Morgan fingerprint density at radius 3 is 2.69 bits per heavy atom. The second kappa shape index (κ2) is 6.85. The molecule has 0 bridgehead atoms. The van der Waals surface area contributed by atoms with Gasteiger partial charge in [-0.25, -0.2) is 10.1 Å². The van der Waals surface area contributed by atoms with Crippen molar-refractivity contribution < 1.29 is 4.79 Å². The highest BCUT2D eigenvalue weighted by Gasteiger charge is 2.13. The second-order valence-corrected chi connectivity index (χ2v) is 6.38. The number of nitrogens with zero attached hydrogens (tertiary/aromatic N) is 3. The number of carbonyl (C=O) groups is 1. The number of amides is 1. The Kier molecular flexibility index (Phi) is 4.24. The molecule has 0 aliphatic carbocycles. The van der Waals surface area contributed by atoms with Gasteiger partial charge in [0.1, 0.15) is 5.69 Å². The number of hydrogen-bond donors (Lipinski definition) is 2. The molecule has 4 aromatic rings. The zero-order chi connectivity index (χ0) is 17.9. The minimum absolute atomic E-state index is 0.0375. The van der Waals surface area contributed by atoms with Crippen LogP contribution in [0.3, 0.4) is 0 Å². The molecule has 0 unspecified atom stereocenters. The summed E-state index contributed by atoms with van der Waals surface area (Å²) in [5.41, 5.74) is 1.69. The molecular weight excluding hydrogens is 350 g/mol. The monoisotopic (exact) mass is 363 g/mol. The van der Waals surface area contributed by atoms with Gasteiger partial charge in [-0.05, 0) is 18.2 Å². The van der Waals surface area contributed by atoms with Crippen LogP contribution in [0.4, 0.5) is 5.13 Å². The quantitative estimate of drug-likeness (QED) is 0.580. The summed E-state index contributed by atoms with van der Waals surface area (Å²) in [4.78, 5) is 32.8. The predicted molar refractivity (Wildman–Crippen MR) is 100 cm³/mol. The topological polar surface area (TPSA) is 101 Å². The molecule has 4 rings (SSSR count). The average molecular weight is 363 g/mol. The molecule has 0 fully saturated rings. The Morgan fingerprint density at radius 1 is 1.08 bits per heavy atom. The van der Waals surface area contributed by atoms with Crippen LogP contribution >= 0.6 is 11.3 Å². The molecule has 1 amide bonds. The lowest BCUT2D eigenvalue weighted by molar-refractivity contribution is -0.115. The largest absolute Gasteiger partial charge is 0.302 e. The second-order valence-electron chi connectivity index (χ2n) is 5.52. The van der Waals surface area contributed by atoms with Crippen molar-refractivity contribution in [2.24, 2.45) is 0 Å². The molecule has 3 aromatic heterocycles. The van der Waals surface area contributed by atoms with E-state index in [4.69, 9.17) is 0 Å². The maximum Gasteiger partial charge on any atom is 0.272 e. The van der Waals surface area contributed by atoms with E-state index in [2.05, 4.69) is 25.5 Å². The summed E-state index contributed by atoms with van der Waals surface area (Å²) in [5, 5.41) is 12.7. The Labute approximate surface area is 151 Å². The molecule has 128 valence electrons. The number of aromatic nitrogens is 4.